The highest BCUT2D eigenvalue weighted by atomic mass is 16.3. The molecule has 1 aliphatic rings. The molecule has 0 atom stereocenters. The summed E-state index contributed by atoms with van der Waals surface area (Å²) in [5, 5.41) is 0. The van der Waals surface area contributed by atoms with E-state index in [2.05, 4.69) is 9.97 Å². The summed E-state index contributed by atoms with van der Waals surface area (Å²) >= 11 is 0. The van der Waals surface area contributed by atoms with E-state index in [4.69, 9.17) is 4.42 Å². The van der Waals surface area contributed by atoms with E-state index in [1.54, 1.807) is 41.6 Å². The number of furan rings is 1. The molecule has 24 heavy (non-hydrogen) atoms. The lowest BCUT2D eigenvalue weighted by Crippen LogP contribution is -2.32. The van der Waals surface area contributed by atoms with Crippen molar-refractivity contribution in [1.29, 1.82) is 0 Å². The Labute approximate surface area is 139 Å². The second kappa shape index (κ2) is 5.96. The number of hydrogen-bond donors (Lipinski definition) is 0. The molecule has 4 rings (SSSR count). The molecule has 0 aliphatic heterocycles. The first kappa shape index (κ1) is 14.7. The fraction of sp³-hybridized carbons (Fsp3) is 0.278. The molecule has 0 N–H and O–H groups in total. The van der Waals surface area contributed by atoms with Gasteiger partial charge >= 0.3 is 0 Å². The van der Waals surface area contributed by atoms with E-state index in [0.717, 1.165) is 24.4 Å². The SMILES string of the molecule is Cc1ccc(CN(C(=O)c2ccnc(-n3ccnc3)c2)C2CC2)o1. The van der Waals surface area contributed by atoms with Gasteiger partial charge in [0.15, 0.2) is 0 Å². The molecule has 3 aromatic rings. The summed E-state index contributed by atoms with van der Waals surface area (Å²) in [4.78, 5) is 23.2. The van der Waals surface area contributed by atoms with E-state index in [9.17, 15) is 4.79 Å². The first-order chi connectivity index (χ1) is 11.7. The average Bonchev–Trinajstić information content (AvgIpc) is 3.12. The molecule has 122 valence electrons. The first-order valence-electron chi connectivity index (χ1n) is 8.01. The van der Waals surface area contributed by atoms with Gasteiger partial charge in [0.2, 0.25) is 0 Å². The quantitative estimate of drug-likeness (QED) is 0.724. The van der Waals surface area contributed by atoms with Crippen molar-refractivity contribution in [2.24, 2.45) is 0 Å². The maximum absolute atomic E-state index is 13.0. The lowest BCUT2D eigenvalue weighted by atomic mass is 10.2. The molecule has 0 radical (unpaired) electrons. The van der Waals surface area contributed by atoms with Crippen molar-refractivity contribution < 1.29 is 9.21 Å². The minimum Gasteiger partial charge on any atom is -0.464 e. The highest BCUT2D eigenvalue weighted by Gasteiger charge is 2.33. The highest BCUT2D eigenvalue weighted by molar-refractivity contribution is 5.94. The van der Waals surface area contributed by atoms with Crippen molar-refractivity contribution in [2.45, 2.75) is 32.4 Å². The summed E-state index contributed by atoms with van der Waals surface area (Å²) in [6.45, 7) is 2.41. The number of carbonyl (C=O) groups is 1. The summed E-state index contributed by atoms with van der Waals surface area (Å²) in [6, 6.07) is 7.71. The molecule has 0 aromatic carbocycles. The summed E-state index contributed by atoms with van der Waals surface area (Å²) in [5.41, 5.74) is 0.629. The summed E-state index contributed by atoms with van der Waals surface area (Å²) in [6.07, 6.45) is 8.91. The van der Waals surface area contributed by atoms with Crippen molar-refractivity contribution in [3.63, 3.8) is 0 Å². The van der Waals surface area contributed by atoms with Crippen LogP contribution < -0.4 is 0 Å². The summed E-state index contributed by atoms with van der Waals surface area (Å²) in [5.74, 6) is 2.37. The van der Waals surface area contributed by atoms with Crippen molar-refractivity contribution in [1.82, 2.24) is 19.4 Å². The first-order valence-corrected chi connectivity index (χ1v) is 8.01. The maximum Gasteiger partial charge on any atom is 0.254 e. The zero-order valence-corrected chi connectivity index (χ0v) is 13.4. The predicted octanol–water partition coefficient (Wildman–Crippen LogP) is 2.97. The van der Waals surface area contributed by atoms with Crippen LogP contribution in [0, 0.1) is 6.92 Å². The Morgan fingerprint density at radius 1 is 1.33 bits per heavy atom. The second-order valence-corrected chi connectivity index (χ2v) is 6.05. The molecule has 0 spiro atoms. The normalized spacial score (nSPS) is 13.9. The number of amides is 1. The van der Waals surface area contributed by atoms with Crippen LogP contribution in [-0.2, 0) is 6.54 Å². The number of imidazole rings is 1. The molecular formula is C18H18N4O2. The van der Waals surface area contributed by atoms with Crippen molar-refractivity contribution in [3.8, 4) is 5.82 Å². The molecule has 1 saturated carbocycles. The summed E-state index contributed by atoms with van der Waals surface area (Å²) < 4.78 is 7.43. The molecule has 1 aliphatic carbocycles. The van der Waals surface area contributed by atoms with Crippen LogP contribution in [0.3, 0.4) is 0 Å². The molecule has 0 saturated heterocycles. The van der Waals surface area contributed by atoms with Gasteiger partial charge in [0, 0.05) is 30.2 Å². The van der Waals surface area contributed by atoms with Gasteiger partial charge in [-0.1, -0.05) is 0 Å². The number of aromatic nitrogens is 3. The van der Waals surface area contributed by atoms with Crippen molar-refractivity contribution in [2.75, 3.05) is 0 Å². The van der Waals surface area contributed by atoms with E-state index >= 15 is 0 Å². The average molecular weight is 322 g/mol. The third-order valence-corrected chi connectivity index (χ3v) is 4.13. The van der Waals surface area contributed by atoms with E-state index < -0.39 is 0 Å². The predicted molar refractivity (Wildman–Crippen MR) is 87.7 cm³/mol. The molecular weight excluding hydrogens is 304 g/mol. The third kappa shape index (κ3) is 2.95. The van der Waals surface area contributed by atoms with Gasteiger partial charge in [-0.05, 0) is 44.0 Å². The molecule has 3 heterocycles. The standard InChI is InChI=1S/C18H18N4O2/c1-13-2-5-16(24-13)11-22(15-3-4-15)18(23)14-6-7-20-17(10-14)21-9-8-19-12-21/h2,5-10,12,15H,3-4,11H2,1H3. The lowest BCUT2D eigenvalue weighted by Gasteiger charge is -2.21. The summed E-state index contributed by atoms with van der Waals surface area (Å²) in [7, 11) is 0. The minimum absolute atomic E-state index is 0.00955. The Hall–Kier alpha value is -2.89. The van der Waals surface area contributed by atoms with Crippen LogP contribution in [0.1, 0.15) is 34.7 Å². The monoisotopic (exact) mass is 322 g/mol. The van der Waals surface area contributed by atoms with Crippen molar-refractivity contribution in [3.05, 3.63) is 66.3 Å². The molecule has 1 amide bonds. The lowest BCUT2D eigenvalue weighted by molar-refractivity contribution is 0.0717. The fourth-order valence-electron chi connectivity index (χ4n) is 2.74. The topological polar surface area (TPSA) is 64.2 Å². The second-order valence-electron chi connectivity index (χ2n) is 6.05. The highest BCUT2D eigenvalue weighted by Crippen LogP contribution is 2.30. The van der Waals surface area contributed by atoms with Crippen LogP contribution in [-0.4, -0.2) is 31.4 Å². The van der Waals surface area contributed by atoms with Gasteiger partial charge in [0.05, 0.1) is 6.54 Å². The van der Waals surface area contributed by atoms with Crippen LogP contribution in [0.2, 0.25) is 0 Å². The van der Waals surface area contributed by atoms with Gasteiger partial charge in [-0.3, -0.25) is 9.36 Å². The smallest absolute Gasteiger partial charge is 0.254 e. The van der Waals surface area contributed by atoms with Gasteiger partial charge in [-0.2, -0.15) is 0 Å². The Morgan fingerprint density at radius 2 is 2.21 bits per heavy atom. The van der Waals surface area contributed by atoms with Crippen molar-refractivity contribution >= 4 is 5.91 Å². The zero-order valence-electron chi connectivity index (χ0n) is 13.4. The Balaban J connectivity index is 1.59. The number of pyridine rings is 1. The molecule has 1 fully saturated rings. The van der Waals surface area contributed by atoms with Gasteiger partial charge < -0.3 is 9.32 Å². The van der Waals surface area contributed by atoms with E-state index in [0.29, 0.717) is 24.0 Å². The maximum atomic E-state index is 13.0. The van der Waals surface area contributed by atoms with E-state index in [1.807, 2.05) is 24.0 Å². The number of carbonyl (C=O) groups excluding carboxylic acids is 1. The van der Waals surface area contributed by atoms with Crippen LogP contribution in [0.25, 0.3) is 5.82 Å². The molecule has 6 heteroatoms. The van der Waals surface area contributed by atoms with E-state index in [-0.39, 0.29) is 5.91 Å². The van der Waals surface area contributed by atoms with E-state index in [1.165, 1.54) is 0 Å². The Bertz CT molecular complexity index is 850. The number of hydrogen-bond acceptors (Lipinski definition) is 4. The van der Waals surface area contributed by atoms with Gasteiger partial charge in [-0.25, -0.2) is 9.97 Å². The molecule has 0 unspecified atom stereocenters. The van der Waals surface area contributed by atoms with Crippen LogP contribution in [0.5, 0.6) is 0 Å². The van der Waals surface area contributed by atoms with Crippen LogP contribution in [0.15, 0.2) is 53.6 Å². The van der Waals surface area contributed by atoms with Crippen LogP contribution in [0.4, 0.5) is 0 Å². The number of nitrogens with zero attached hydrogens (tertiary/aromatic N) is 4. The third-order valence-electron chi connectivity index (χ3n) is 4.13. The minimum atomic E-state index is 0.00955. The van der Waals surface area contributed by atoms with Gasteiger partial charge in [-0.15, -0.1) is 0 Å². The number of rotatable bonds is 5. The van der Waals surface area contributed by atoms with Gasteiger partial charge in [0.1, 0.15) is 23.7 Å². The molecule has 0 bridgehead atoms. The molecule has 6 nitrogen and oxygen atoms in total. The fourth-order valence-corrected chi connectivity index (χ4v) is 2.74. The molecule has 3 aromatic heterocycles. The largest absolute Gasteiger partial charge is 0.464 e. The van der Waals surface area contributed by atoms with Crippen LogP contribution >= 0.6 is 0 Å². The number of aryl methyl sites for hydroxylation is 1. The Morgan fingerprint density at radius 3 is 2.88 bits per heavy atom. The Kier molecular flexibility index (Phi) is 3.65. The van der Waals surface area contributed by atoms with Gasteiger partial charge in [0.25, 0.3) is 5.91 Å². The zero-order chi connectivity index (χ0) is 16.5.